The number of hydrogen-bond acceptors (Lipinski definition) is 2. The van der Waals surface area contributed by atoms with Gasteiger partial charge in [-0.25, -0.2) is 9.97 Å². The van der Waals surface area contributed by atoms with Gasteiger partial charge in [0, 0.05) is 22.4 Å². The van der Waals surface area contributed by atoms with Crippen LogP contribution < -0.4 is 0 Å². The van der Waals surface area contributed by atoms with Crippen LogP contribution in [0.3, 0.4) is 0 Å². The van der Waals surface area contributed by atoms with E-state index in [1.807, 2.05) is 18.5 Å². The normalized spacial score (nSPS) is 10.6. The lowest BCUT2D eigenvalue weighted by Crippen LogP contribution is -1.82. The van der Waals surface area contributed by atoms with Crippen molar-refractivity contribution < 1.29 is 0 Å². The number of rotatable bonds is 1. The van der Waals surface area contributed by atoms with Crippen LogP contribution in [0.5, 0.6) is 0 Å². The highest BCUT2D eigenvalue weighted by Crippen LogP contribution is 2.25. The first-order chi connectivity index (χ1) is 8.33. The number of aromatic nitrogens is 2. The smallest absolute Gasteiger partial charge is 0.115 e. The average Bonchev–Trinajstić information content (AvgIpc) is 2.39. The Morgan fingerprint density at radius 1 is 0.765 bits per heavy atom. The van der Waals surface area contributed by atoms with Crippen molar-refractivity contribution in [2.75, 3.05) is 0 Å². The van der Waals surface area contributed by atoms with Crippen molar-refractivity contribution in [1.82, 2.24) is 9.97 Å². The van der Waals surface area contributed by atoms with Crippen molar-refractivity contribution in [3.05, 3.63) is 59.6 Å². The maximum atomic E-state index is 4.04. The maximum absolute atomic E-state index is 4.04. The largest absolute Gasteiger partial charge is 0.244 e. The quantitative estimate of drug-likeness (QED) is 0.673. The van der Waals surface area contributed by atoms with E-state index in [4.69, 9.17) is 0 Å². The molecule has 0 aliphatic heterocycles. The second kappa shape index (κ2) is 4.26. The zero-order valence-electron chi connectivity index (χ0n) is 8.97. The van der Waals surface area contributed by atoms with E-state index in [0.717, 1.165) is 15.6 Å². The van der Waals surface area contributed by atoms with E-state index in [1.165, 1.54) is 10.8 Å². The zero-order valence-corrected chi connectivity index (χ0v) is 10.6. The third-order valence-electron chi connectivity index (χ3n) is 2.70. The molecule has 1 heterocycles. The van der Waals surface area contributed by atoms with Crippen LogP contribution in [0.1, 0.15) is 0 Å². The van der Waals surface area contributed by atoms with E-state index in [2.05, 4.69) is 56.2 Å². The van der Waals surface area contributed by atoms with Gasteiger partial charge in [0.1, 0.15) is 6.33 Å². The van der Waals surface area contributed by atoms with Crippen molar-refractivity contribution >= 4 is 26.7 Å². The predicted octanol–water partition coefficient (Wildman–Crippen LogP) is 4.06. The Morgan fingerprint density at radius 2 is 1.53 bits per heavy atom. The summed E-state index contributed by atoms with van der Waals surface area (Å²) < 4.78 is 1.09. The molecule has 2 nitrogen and oxygen atoms in total. The lowest BCUT2D eigenvalue weighted by atomic mass is 10.0. The van der Waals surface area contributed by atoms with Crippen LogP contribution in [0.4, 0.5) is 0 Å². The molecule has 82 valence electrons. The van der Waals surface area contributed by atoms with Gasteiger partial charge in [-0.05, 0) is 34.5 Å². The average molecular weight is 285 g/mol. The van der Waals surface area contributed by atoms with E-state index in [1.54, 1.807) is 6.33 Å². The number of fused-ring (bicyclic) bond motifs is 1. The Morgan fingerprint density at radius 3 is 2.35 bits per heavy atom. The molecule has 3 aromatic rings. The second-order valence-electron chi connectivity index (χ2n) is 3.83. The van der Waals surface area contributed by atoms with Gasteiger partial charge in [0.05, 0.1) is 0 Å². The summed E-state index contributed by atoms with van der Waals surface area (Å²) in [7, 11) is 0. The summed E-state index contributed by atoms with van der Waals surface area (Å²) in [5.41, 5.74) is 2.17. The molecule has 0 aliphatic rings. The van der Waals surface area contributed by atoms with E-state index in [0.29, 0.717) is 0 Å². The first kappa shape index (κ1) is 10.4. The second-order valence-corrected chi connectivity index (χ2v) is 4.75. The lowest BCUT2D eigenvalue weighted by Gasteiger charge is -2.03. The molecule has 0 saturated carbocycles. The number of hydrogen-bond donors (Lipinski definition) is 0. The molecule has 0 fully saturated rings. The van der Waals surface area contributed by atoms with Gasteiger partial charge in [-0.1, -0.05) is 34.1 Å². The summed E-state index contributed by atoms with van der Waals surface area (Å²) >= 11 is 3.49. The standard InChI is InChI=1S/C14H9BrN2/c15-14-4-3-10-1-2-11(5-12(10)6-14)13-7-16-9-17-8-13/h1-9H. The van der Waals surface area contributed by atoms with Gasteiger partial charge in [0.2, 0.25) is 0 Å². The number of nitrogens with zero attached hydrogens (tertiary/aromatic N) is 2. The van der Waals surface area contributed by atoms with Gasteiger partial charge in [-0.15, -0.1) is 0 Å². The Kier molecular flexibility index (Phi) is 2.61. The molecule has 3 rings (SSSR count). The molecule has 0 spiro atoms. The lowest BCUT2D eigenvalue weighted by molar-refractivity contribution is 1.17. The van der Waals surface area contributed by atoms with Crippen LogP contribution in [-0.2, 0) is 0 Å². The molecule has 2 aromatic carbocycles. The third kappa shape index (κ3) is 2.06. The molecule has 0 amide bonds. The highest BCUT2D eigenvalue weighted by Gasteiger charge is 2.00. The minimum absolute atomic E-state index is 1.04. The van der Waals surface area contributed by atoms with E-state index in [9.17, 15) is 0 Å². The van der Waals surface area contributed by atoms with Crippen LogP contribution in [-0.4, -0.2) is 9.97 Å². The SMILES string of the molecule is Brc1ccc2ccc(-c3cncnc3)cc2c1. The fourth-order valence-corrected chi connectivity index (χ4v) is 2.22. The van der Waals surface area contributed by atoms with Gasteiger partial charge in [-0.2, -0.15) is 0 Å². The minimum Gasteiger partial charge on any atom is -0.244 e. The molecule has 0 radical (unpaired) electrons. The molecule has 17 heavy (non-hydrogen) atoms. The summed E-state index contributed by atoms with van der Waals surface area (Å²) in [5, 5.41) is 2.44. The van der Waals surface area contributed by atoms with Crippen molar-refractivity contribution in [1.29, 1.82) is 0 Å². The van der Waals surface area contributed by atoms with Gasteiger partial charge in [0.15, 0.2) is 0 Å². The molecule has 0 N–H and O–H groups in total. The molecule has 0 saturated heterocycles. The van der Waals surface area contributed by atoms with E-state index >= 15 is 0 Å². The summed E-state index contributed by atoms with van der Waals surface area (Å²) in [6, 6.07) is 12.6. The first-order valence-corrected chi connectivity index (χ1v) is 6.07. The summed E-state index contributed by atoms with van der Waals surface area (Å²) in [4.78, 5) is 8.08. The molecule has 0 atom stereocenters. The third-order valence-corrected chi connectivity index (χ3v) is 3.19. The van der Waals surface area contributed by atoms with Gasteiger partial charge >= 0.3 is 0 Å². The molecule has 1 aromatic heterocycles. The van der Waals surface area contributed by atoms with E-state index in [-0.39, 0.29) is 0 Å². The van der Waals surface area contributed by atoms with E-state index < -0.39 is 0 Å². The van der Waals surface area contributed by atoms with Crippen molar-refractivity contribution in [3.8, 4) is 11.1 Å². The Bertz CT molecular complexity index is 665. The zero-order chi connectivity index (χ0) is 11.7. The fourth-order valence-electron chi connectivity index (χ4n) is 1.85. The topological polar surface area (TPSA) is 25.8 Å². The Labute approximate surface area is 107 Å². The Hall–Kier alpha value is -1.74. The van der Waals surface area contributed by atoms with Crippen LogP contribution in [0.25, 0.3) is 21.9 Å². The van der Waals surface area contributed by atoms with Crippen LogP contribution in [0, 0.1) is 0 Å². The minimum atomic E-state index is 1.04. The molecule has 0 bridgehead atoms. The summed E-state index contributed by atoms with van der Waals surface area (Å²) in [6.07, 6.45) is 5.19. The van der Waals surface area contributed by atoms with Crippen LogP contribution in [0.2, 0.25) is 0 Å². The van der Waals surface area contributed by atoms with Crippen LogP contribution in [0.15, 0.2) is 59.6 Å². The fraction of sp³-hybridized carbons (Fsp3) is 0. The molecule has 3 heteroatoms. The number of benzene rings is 2. The van der Waals surface area contributed by atoms with Crippen molar-refractivity contribution in [2.24, 2.45) is 0 Å². The van der Waals surface area contributed by atoms with Crippen LogP contribution >= 0.6 is 15.9 Å². The molecule has 0 aliphatic carbocycles. The van der Waals surface area contributed by atoms with Crippen molar-refractivity contribution in [2.45, 2.75) is 0 Å². The Balaban J connectivity index is 2.19. The van der Waals surface area contributed by atoms with Gasteiger partial charge in [0.25, 0.3) is 0 Å². The molecular formula is C14H9BrN2. The predicted molar refractivity (Wildman–Crippen MR) is 72.7 cm³/mol. The summed E-state index contributed by atoms with van der Waals surface area (Å²) in [6.45, 7) is 0. The highest BCUT2D eigenvalue weighted by atomic mass is 79.9. The number of halogens is 1. The van der Waals surface area contributed by atoms with Gasteiger partial charge < -0.3 is 0 Å². The molecule has 0 unspecified atom stereocenters. The summed E-state index contributed by atoms with van der Waals surface area (Å²) in [5.74, 6) is 0. The molecular weight excluding hydrogens is 276 g/mol. The first-order valence-electron chi connectivity index (χ1n) is 5.28. The highest BCUT2D eigenvalue weighted by molar-refractivity contribution is 9.10. The monoisotopic (exact) mass is 284 g/mol. The van der Waals surface area contributed by atoms with Crippen molar-refractivity contribution in [3.63, 3.8) is 0 Å². The van der Waals surface area contributed by atoms with Gasteiger partial charge in [-0.3, -0.25) is 0 Å². The maximum Gasteiger partial charge on any atom is 0.115 e.